The van der Waals surface area contributed by atoms with E-state index in [1.54, 1.807) is 0 Å². The molecule has 0 aromatic heterocycles. The Morgan fingerprint density at radius 3 is 1.68 bits per heavy atom. The van der Waals surface area contributed by atoms with Crippen molar-refractivity contribution < 1.29 is 0 Å². The van der Waals surface area contributed by atoms with Gasteiger partial charge in [-0.1, -0.05) is 27.1 Å². The molecule has 1 N–H and O–H groups in total. The van der Waals surface area contributed by atoms with Crippen molar-refractivity contribution in [2.75, 3.05) is 17.2 Å². The molecule has 1 aromatic rings. The molecule has 3 heteroatoms. The Bertz CT molecular complexity index is 636. The number of benzene rings is 1. The van der Waals surface area contributed by atoms with Crippen LogP contribution in [0.5, 0.6) is 0 Å². The summed E-state index contributed by atoms with van der Waals surface area (Å²) in [5.41, 5.74) is 9.95. The molecule has 1 aliphatic carbocycles. The predicted molar refractivity (Wildman–Crippen MR) is 107 cm³/mol. The van der Waals surface area contributed by atoms with Gasteiger partial charge in [0.1, 0.15) is 0 Å². The summed E-state index contributed by atoms with van der Waals surface area (Å²) in [5, 5.41) is 0.537. The predicted octanol–water partition coefficient (Wildman–Crippen LogP) is 6.51. The average molecular weight is 382 g/mol. The van der Waals surface area contributed by atoms with Crippen LogP contribution in [-0.2, 0) is 0 Å². The third-order valence-electron chi connectivity index (χ3n) is 4.98. The monoisotopic (exact) mass is 381 g/mol. The van der Waals surface area contributed by atoms with Crippen LogP contribution in [0.3, 0.4) is 0 Å². The zero-order valence-corrected chi connectivity index (χ0v) is 17.4. The van der Waals surface area contributed by atoms with E-state index in [1.807, 2.05) is 0 Å². The normalized spacial score (nSPS) is 17.5. The summed E-state index contributed by atoms with van der Waals surface area (Å²) in [6, 6.07) is 4.39. The number of rotatable bonds is 3. The molecule has 122 valence electrons. The lowest BCUT2D eigenvalue weighted by Gasteiger charge is -2.42. The second-order valence-corrected chi connectivity index (χ2v) is 11.3. The quantitative estimate of drug-likeness (QED) is 0.628. The molecule has 0 fully saturated rings. The van der Waals surface area contributed by atoms with Gasteiger partial charge in [-0.3, -0.25) is 0 Å². The van der Waals surface area contributed by atoms with Gasteiger partial charge in [0.2, 0.25) is 0 Å². The highest BCUT2D eigenvalue weighted by Crippen LogP contribution is 2.55. The minimum atomic E-state index is -1.02. The molecule has 1 aromatic carbocycles. The highest BCUT2D eigenvalue weighted by atomic mass is 79.9. The van der Waals surface area contributed by atoms with E-state index in [1.165, 1.54) is 39.1 Å². The molecule has 2 rings (SSSR count). The summed E-state index contributed by atoms with van der Waals surface area (Å²) < 4.78 is 5.07. The zero-order chi connectivity index (χ0) is 16.8. The first kappa shape index (κ1) is 17.7. The van der Waals surface area contributed by atoms with Crippen molar-refractivity contribution in [2.24, 2.45) is 0 Å². The molecule has 0 saturated carbocycles. The van der Waals surface area contributed by atoms with Crippen LogP contribution in [-0.4, -0.2) is 17.8 Å². The van der Waals surface area contributed by atoms with Crippen LogP contribution in [0.4, 0.5) is 5.69 Å². The third-order valence-corrected chi connectivity index (χ3v) is 8.06. The van der Waals surface area contributed by atoms with Gasteiger partial charge in [-0.25, -0.2) is 0 Å². The smallest absolute Gasteiger partial charge is 0.0486 e. The van der Waals surface area contributed by atoms with Crippen molar-refractivity contribution in [3.63, 3.8) is 0 Å². The Hall–Kier alpha value is -0.670. The fourth-order valence-electron chi connectivity index (χ4n) is 3.59. The molecule has 0 unspecified atom stereocenters. The summed E-state index contributed by atoms with van der Waals surface area (Å²) in [4.78, 5) is 0. The number of hydrogen-bond donors (Lipinski definition) is 1. The summed E-state index contributed by atoms with van der Waals surface area (Å²) in [5.74, 6) is 0. The topological polar surface area (TPSA) is 12.0 Å². The highest BCUT2D eigenvalue weighted by Gasteiger charge is 2.34. The average Bonchev–Trinajstić information content (AvgIpc) is 2.58. The van der Waals surface area contributed by atoms with Crippen LogP contribution in [0.25, 0.3) is 0 Å². The van der Waals surface area contributed by atoms with Gasteiger partial charge < -0.3 is 4.72 Å². The molecular formula is C19H28BrNS. The lowest BCUT2D eigenvalue weighted by atomic mass is 10.1. The molecular weight excluding hydrogens is 354 g/mol. The van der Waals surface area contributed by atoms with Crippen LogP contribution in [0.2, 0.25) is 0 Å². The third kappa shape index (κ3) is 3.03. The van der Waals surface area contributed by atoms with Crippen LogP contribution < -0.4 is 4.72 Å². The molecule has 1 aliphatic rings. The van der Waals surface area contributed by atoms with Crippen LogP contribution in [0, 0.1) is 13.8 Å². The second kappa shape index (κ2) is 6.09. The Labute approximate surface area is 145 Å². The molecule has 0 radical (unpaired) electrons. The van der Waals surface area contributed by atoms with Gasteiger partial charge in [-0.15, -0.1) is 0 Å². The molecule has 22 heavy (non-hydrogen) atoms. The van der Waals surface area contributed by atoms with Gasteiger partial charge in [-0.05, 0) is 88.5 Å². The van der Waals surface area contributed by atoms with E-state index >= 15 is 0 Å². The molecule has 0 heterocycles. The fraction of sp³-hybridized carbons (Fsp3) is 0.474. The van der Waals surface area contributed by atoms with Gasteiger partial charge in [0.15, 0.2) is 0 Å². The van der Waals surface area contributed by atoms with E-state index in [-0.39, 0.29) is 0 Å². The van der Waals surface area contributed by atoms with E-state index in [4.69, 9.17) is 0 Å². The Kier molecular flexibility index (Phi) is 4.89. The maximum atomic E-state index is 3.92. The van der Waals surface area contributed by atoms with Crippen LogP contribution >= 0.6 is 26.1 Å². The summed E-state index contributed by atoms with van der Waals surface area (Å²) in [7, 11) is -1.02. The summed E-state index contributed by atoms with van der Waals surface area (Å²) in [6.45, 7) is 13.5. The zero-order valence-electron chi connectivity index (χ0n) is 15.0. The van der Waals surface area contributed by atoms with Crippen molar-refractivity contribution in [3.05, 3.63) is 50.0 Å². The maximum Gasteiger partial charge on any atom is 0.0486 e. The largest absolute Gasteiger partial charge is 0.347 e. The summed E-state index contributed by atoms with van der Waals surface area (Å²) in [6.07, 6.45) is 4.80. The summed E-state index contributed by atoms with van der Waals surface area (Å²) >= 11 is 3.59. The van der Waals surface area contributed by atoms with E-state index in [2.05, 4.69) is 86.8 Å². The molecule has 0 aliphatic heterocycles. The SMILES string of the molecule is CC1=C(C)C(S(C)(C)Nc2c(C)cc(Br)cc2C)C(C)=C1C. The number of halogens is 1. The maximum absolute atomic E-state index is 3.92. The lowest BCUT2D eigenvalue weighted by molar-refractivity contribution is 1.14. The van der Waals surface area contributed by atoms with Crippen molar-refractivity contribution in [1.82, 2.24) is 0 Å². The van der Waals surface area contributed by atoms with E-state index in [0.29, 0.717) is 5.25 Å². The fourth-order valence-corrected chi connectivity index (χ4v) is 7.36. The molecule has 0 amide bonds. The number of allylic oxidation sites excluding steroid dienone is 2. The van der Waals surface area contributed by atoms with Gasteiger partial charge >= 0.3 is 0 Å². The number of nitrogens with one attached hydrogen (secondary N) is 1. The van der Waals surface area contributed by atoms with Gasteiger partial charge in [0, 0.05) is 15.4 Å². The van der Waals surface area contributed by atoms with Crippen LogP contribution in [0.15, 0.2) is 38.9 Å². The first-order chi connectivity index (χ1) is 10.1. The van der Waals surface area contributed by atoms with Crippen LogP contribution in [0.1, 0.15) is 38.8 Å². The molecule has 0 bridgehead atoms. The second-order valence-electron chi connectivity index (χ2n) is 6.92. The van der Waals surface area contributed by atoms with E-state index < -0.39 is 10.2 Å². The van der Waals surface area contributed by atoms with Crippen molar-refractivity contribution in [1.29, 1.82) is 0 Å². The highest BCUT2D eigenvalue weighted by molar-refractivity contribution is 9.10. The van der Waals surface area contributed by atoms with E-state index in [9.17, 15) is 0 Å². The van der Waals surface area contributed by atoms with E-state index in [0.717, 1.165) is 4.47 Å². The number of aryl methyl sites for hydroxylation is 2. The van der Waals surface area contributed by atoms with Crippen molar-refractivity contribution >= 4 is 31.8 Å². The lowest BCUT2D eigenvalue weighted by Crippen LogP contribution is -2.24. The Balaban J connectivity index is 2.42. The van der Waals surface area contributed by atoms with Crippen molar-refractivity contribution in [3.8, 4) is 0 Å². The number of hydrogen-bond acceptors (Lipinski definition) is 1. The standard InChI is InChI=1S/C19H28BrNS/c1-11-9-17(20)10-12(2)18(11)21-22(7,8)19-15(5)13(3)14(4)16(19)6/h9-10,19,21H,1-8H3. The number of anilines is 1. The first-order valence-corrected chi connectivity index (χ1v) is 11.0. The van der Waals surface area contributed by atoms with Crippen molar-refractivity contribution in [2.45, 2.75) is 46.8 Å². The minimum absolute atomic E-state index is 0.537. The Morgan fingerprint density at radius 1 is 0.864 bits per heavy atom. The molecule has 0 atom stereocenters. The van der Waals surface area contributed by atoms with Gasteiger partial charge in [0.05, 0.1) is 0 Å². The first-order valence-electron chi connectivity index (χ1n) is 7.68. The molecule has 1 nitrogen and oxygen atoms in total. The minimum Gasteiger partial charge on any atom is -0.347 e. The Morgan fingerprint density at radius 2 is 1.27 bits per heavy atom. The van der Waals surface area contributed by atoms with Gasteiger partial charge in [0.25, 0.3) is 0 Å². The van der Waals surface area contributed by atoms with Gasteiger partial charge in [-0.2, -0.15) is 10.2 Å². The molecule has 0 saturated heterocycles. The molecule has 0 spiro atoms.